The minimum Gasteiger partial charge on any atom is -0.398 e. The van der Waals surface area contributed by atoms with Crippen LogP contribution in [0.3, 0.4) is 0 Å². The second kappa shape index (κ2) is 4.37. The van der Waals surface area contributed by atoms with Gasteiger partial charge in [-0.25, -0.2) is 0 Å². The minimum absolute atomic E-state index is 0.691. The molecule has 0 saturated heterocycles. The lowest BCUT2D eigenvalue weighted by Crippen LogP contribution is -1.96. The molecule has 2 N–H and O–H groups in total. The van der Waals surface area contributed by atoms with Gasteiger partial charge in [0.05, 0.1) is 0 Å². The maximum absolute atomic E-state index is 5.92. The minimum atomic E-state index is 0.691. The molecule has 3 heteroatoms. The standard InChI is InChI=1S/C12H11N3/c13-12(11-4-2-6-15-9-11)7-10-3-1-5-14-8-10/h1-9H,13H2. The first kappa shape index (κ1) is 9.40. The second-order valence-electron chi connectivity index (χ2n) is 3.13. The van der Waals surface area contributed by atoms with Crippen molar-refractivity contribution in [3.8, 4) is 0 Å². The number of hydrogen-bond donors (Lipinski definition) is 1. The Hall–Kier alpha value is -2.16. The summed E-state index contributed by atoms with van der Waals surface area (Å²) in [6, 6.07) is 7.62. The van der Waals surface area contributed by atoms with Crippen LogP contribution in [-0.2, 0) is 0 Å². The first-order valence-electron chi connectivity index (χ1n) is 4.64. The lowest BCUT2D eigenvalue weighted by atomic mass is 10.1. The molecule has 0 bridgehead atoms. The average Bonchev–Trinajstić information content (AvgIpc) is 2.31. The summed E-state index contributed by atoms with van der Waals surface area (Å²) in [5.74, 6) is 0. The number of rotatable bonds is 2. The third-order valence-corrected chi connectivity index (χ3v) is 2.00. The van der Waals surface area contributed by atoms with E-state index in [-0.39, 0.29) is 0 Å². The zero-order valence-electron chi connectivity index (χ0n) is 8.17. The van der Waals surface area contributed by atoms with E-state index in [4.69, 9.17) is 5.73 Å². The summed E-state index contributed by atoms with van der Waals surface area (Å²) < 4.78 is 0. The van der Waals surface area contributed by atoms with Gasteiger partial charge in [-0.3, -0.25) is 9.97 Å². The zero-order chi connectivity index (χ0) is 10.5. The van der Waals surface area contributed by atoms with Gasteiger partial charge >= 0.3 is 0 Å². The molecule has 74 valence electrons. The lowest BCUT2D eigenvalue weighted by molar-refractivity contribution is 1.30. The Morgan fingerprint density at radius 2 is 1.80 bits per heavy atom. The topological polar surface area (TPSA) is 51.8 Å². The van der Waals surface area contributed by atoms with Crippen molar-refractivity contribution in [3.63, 3.8) is 0 Å². The van der Waals surface area contributed by atoms with Gasteiger partial charge in [-0.05, 0) is 29.8 Å². The van der Waals surface area contributed by atoms with E-state index in [0.29, 0.717) is 5.70 Å². The lowest BCUT2D eigenvalue weighted by Gasteiger charge is -2.00. The van der Waals surface area contributed by atoms with Crippen LogP contribution in [0.5, 0.6) is 0 Å². The molecule has 15 heavy (non-hydrogen) atoms. The predicted molar refractivity (Wildman–Crippen MR) is 60.5 cm³/mol. The van der Waals surface area contributed by atoms with E-state index < -0.39 is 0 Å². The molecule has 0 radical (unpaired) electrons. The van der Waals surface area contributed by atoms with Gasteiger partial charge < -0.3 is 5.73 Å². The van der Waals surface area contributed by atoms with Crippen LogP contribution < -0.4 is 5.73 Å². The van der Waals surface area contributed by atoms with Crippen LogP contribution in [0.2, 0.25) is 0 Å². The number of nitrogens with zero attached hydrogens (tertiary/aromatic N) is 2. The maximum atomic E-state index is 5.92. The SMILES string of the molecule is NC(=Cc1cccnc1)c1cccnc1. The van der Waals surface area contributed by atoms with Gasteiger partial charge in [0.1, 0.15) is 0 Å². The van der Waals surface area contributed by atoms with Crippen molar-refractivity contribution in [1.29, 1.82) is 0 Å². The van der Waals surface area contributed by atoms with Crippen LogP contribution in [0.15, 0.2) is 49.1 Å². The van der Waals surface area contributed by atoms with Crippen molar-refractivity contribution in [3.05, 3.63) is 60.2 Å². The van der Waals surface area contributed by atoms with Gasteiger partial charge in [-0.2, -0.15) is 0 Å². The van der Waals surface area contributed by atoms with Crippen LogP contribution in [0.25, 0.3) is 11.8 Å². The average molecular weight is 197 g/mol. The van der Waals surface area contributed by atoms with Gasteiger partial charge in [-0.1, -0.05) is 6.07 Å². The normalized spacial score (nSPS) is 11.3. The van der Waals surface area contributed by atoms with Crippen molar-refractivity contribution in [2.24, 2.45) is 5.73 Å². The molecule has 0 amide bonds. The van der Waals surface area contributed by atoms with Gasteiger partial charge in [0, 0.05) is 36.0 Å². The summed E-state index contributed by atoms with van der Waals surface area (Å²) >= 11 is 0. The Balaban J connectivity index is 2.29. The van der Waals surface area contributed by atoms with E-state index in [1.54, 1.807) is 24.8 Å². The van der Waals surface area contributed by atoms with Gasteiger partial charge in [-0.15, -0.1) is 0 Å². The summed E-state index contributed by atoms with van der Waals surface area (Å²) in [5, 5.41) is 0. The molecule has 0 atom stereocenters. The van der Waals surface area contributed by atoms with Gasteiger partial charge in [0.15, 0.2) is 0 Å². The van der Waals surface area contributed by atoms with Crippen molar-refractivity contribution in [1.82, 2.24) is 9.97 Å². The molecular weight excluding hydrogens is 186 g/mol. The van der Waals surface area contributed by atoms with Crippen LogP contribution in [-0.4, -0.2) is 9.97 Å². The molecule has 2 heterocycles. The van der Waals surface area contributed by atoms with Crippen molar-refractivity contribution >= 4 is 11.8 Å². The van der Waals surface area contributed by atoms with E-state index in [9.17, 15) is 0 Å². The summed E-state index contributed by atoms with van der Waals surface area (Å²) in [6.45, 7) is 0. The van der Waals surface area contributed by atoms with Crippen molar-refractivity contribution in [2.75, 3.05) is 0 Å². The third-order valence-electron chi connectivity index (χ3n) is 2.00. The largest absolute Gasteiger partial charge is 0.398 e. The highest BCUT2D eigenvalue weighted by Gasteiger charge is 1.95. The Morgan fingerprint density at radius 3 is 2.40 bits per heavy atom. The summed E-state index contributed by atoms with van der Waals surface area (Å²) in [5.41, 5.74) is 8.51. The smallest absolute Gasteiger partial charge is 0.0409 e. The third kappa shape index (κ3) is 2.40. The molecule has 0 spiro atoms. The number of aromatic nitrogens is 2. The molecule has 0 fully saturated rings. The van der Waals surface area contributed by atoms with E-state index in [2.05, 4.69) is 9.97 Å². The molecule has 0 aliphatic carbocycles. The first-order chi connectivity index (χ1) is 7.36. The van der Waals surface area contributed by atoms with E-state index in [1.165, 1.54) is 0 Å². The molecule has 0 aliphatic heterocycles. The molecule has 2 rings (SSSR count). The van der Waals surface area contributed by atoms with Gasteiger partial charge in [0.2, 0.25) is 0 Å². The van der Waals surface area contributed by atoms with Gasteiger partial charge in [0.25, 0.3) is 0 Å². The highest BCUT2D eigenvalue weighted by atomic mass is 14.6. The predicted octanol–water partition coefficient (Wildman–Crippen LogP) is 1.93. The van der Waals surface area contributed by atoms with Crippen LogP contribution in [0, 0.1) is 0 Å². The fraction of sp³-hybridized carbons (Fsp3) is 0. The van der Waals surface area contributed by atoms with E-state index in [0.717, 1.165) is 11.1 Å². The fourth-order valence-electron chi connectivity index (χ4n) is 1.26. The maximum Gasteiger partial charge on any atom is 0.0409 e. The molecule has 3 nitrogen and oxygen atoms in total. The number of pyridine rings is 2. The molecule has 0 aliphatic rings. The highest BCUT2D eigenvalue weighted by molar-refractivity contribution is 5.78. The van der Waals surface area contributed by atoms with Crippen LogP contribution in [0.1, 0.15) is 11.1 Å². The zero-order valence-corrected chi connectivity index (χ0v) is 8.17. The molecule has 0 saturated carbocycles. The Bertz CT molecular complexity index is 449. The van der Waals surface area contributed by atoms with Crippen molar-refractivity contribution in [2.45, 2.75) is 0 Å². The Labute approximate surface area is 88.3 Å². The molecule has 0 aromatic carbocycles. The Kier molecular flexibility index (Phi) is 2.74. The second-order valence-corrected chi connectivity index (χ2v) is 3.13. The van der Waals surface area contributed by atoms with Crippen molar-refractivity contribution < 1.29 is 0 Å². The fourth-order valence-corrected chi connectivity index (χ4v) is 1.26. The molecule has 0 unspecified atom stereocenters. The van der Waals surface area contributed by atoms with E-state index >= 15 is 0 Å². The highest BCUT2D eigenvalue weighted by Crippen LogP contribution is 2.10. The summed E-state index contributed by atoms with van der Waals surface area (Å²) in [6.07, 6.45) is 8.84. The van der Waals surface area contributed by atoms with E-state index in [1.807, 2.05) is 30.3 Å². The Morgan fingerprint density at radius 1 is 1.07 bits per heavy atom. The molecule has 2 aromatic heterocycles. The monoisotopic (exact) mass is 197 g/mol. The quantitative estimate of drug-likeness (QED) is 0.800. The summed E-state index contributed by atoms with van der Waals surface area (Å²) in [4.78, 5) is 8.03. The van der Waals surface area contributed by atoms with Crippen LogP contribution in [0.4, 0.5) is 0 Å². The van der Waals surface area contributed by atoms with Crippen LogP contribution >= 0.6 is 0 Å². The summed E-state index contributed by atoms with van der Waals surface area (Å²) in [7, 11) is 0. The molecular formula is C12H11N3. The number of hydrogen-bond acceptors (Lipinski definition) is 3. The number of nitrogens with two attached hydrogens (primary N) is 1. The first-order valence-corrected chi connectivity index (χ1v) is 4.64. The molecule has 2 aromatic rings.